The third kappa shape index (κ3) is 4.73. The zero-order chi connectivity index (χ0) is 16.7. The minimum atomic E-state index is -1.22. The van der Waals surface area contributed by atoms with E-state index >= 15 is 0 Å². The zero-order valence-electron chi connectivity index (χ0n) is 12.9. The van der Waals surface area contributed by atoms with Crippen LogP contribution in [0, 0.1) is 0 Å². The Kier molecular flexibility index (Phi) is 6.47. The first-order valence-corrected chi connectivity index (χ1v) is 7.77. The van der Waals surface area contributed by atoms with E-state index in [1.165, 1.54) is 0 Å². The third-order valence-electron chi connectivity index (χ3n) is 3.80. The molecule has 0 saturated heterocycles. The van der Waals surface area contributed by atoms with Crippen LogP contribution in [0.2, 0.25) is 0 Å². The molecule has 2 aromatic rings. The van der Waals surface area contributed by atoms with Crippen LogP contribution in [0.1, 0.15) is 40.4 Å². The SMILES string of the molecule is O=C(c1ccccc1CC(O)CCCO)C(O)c1ccccc1. The average molecular weight is 314 g/mol. The van der Waals surface area contributed by atoms with Gasteiger partial charge in [-0.25, -0.2) is 0 Å². The van der Waals surface area contributed by atoms with Gasteiger partial charge in [-0.15, -0.1) is 0 Å². The predicted molar refractivity (Wildman–Crippen MR) is 88.2 cm³/mol. The van der Waals surface area contributed by atoms with Gasteiger partial charge in [-0.2, -0.15) is 0 Å². The number of rotatable bonds is 8. The first-order chi connectivity index (χ1) is 11.1. The van der Waals surface area contributed by atoms with Crippen LogP contribution < -0.4 is 0 Å². The van der Waals surface area contributed by atoms with E-state index in [2.05, 4.69) is 0 Å². The summed E-state index contributed by atoms with van der Waals surface area (Å²) in [5.74, 6) is -0.374. The summed E-state index contributed by atoms with van der Waals surface area (Å²) in [5, 5.41) is 29.1. The molecule has 2 atom stereocenters. The van der Waals surface area contributed by atoms with E-state index in [0.717, 1.165) is 0 Å². The van der Waals surface area contributed by atoms with Crippen molar-refractivity contribution in [2.45, 2.75) is 31.5 Å². The second kappa shape index (κ2) is 8.58. The van der Waals surface area contributed by atoms with E-state index in [9.17, 15) is 15.0 Å². The van der Waals surface area contributed by atoms with E-state index in [1.54, 1.807) is 48.5 Å². The van der Waals surface area contributed by atoms with E-state index in [4.69, 9.17) is 5.11 Å². The van der Waals surface area contributed by atoms with Gasteiger partial charge < -0.3 is 15.3 Å². The minimum Gasteiger partial charge on any atom is -0.396 e. The molecule has 4 nitrogen and oxygen atoms in total. The van der Waals surface area contributed by atoms with Crippen molar-refractivity contribution in [2.75, 3.05) is 6.61 Å². The van der Waals surface area contributed by atoms with Crippen molar-refractivity contribution in [2.24, 2.45) is 0 Å². The molecule has 2 unspecified atom stereocenters. The minimum absolute atomic E-state index is 0.0321. The highest BCUT2D eigenvalue weighted by Gasteiger charge is 2.22. The summed E-state index contributed by atoms with van der Waals surface area (Å²) in [6, 6.07) is 15.8. The molecule has 0 fully saturated rings. The Morgan fingerprint density at radius 1 is 0.957 bits per heavy atom. The van der Waals surface area contributed by atoms with Gasteiger partial charge >= 0.3 is 0 Å². The summed E-state index contributed by atoms with van der Waals surface area (Å²) in [6.07, 6.45) is -0.523. The molecule has 0 radical (unpaired) electrons. The van der Waals surface area contributed by atoms with Crippen LogP contribution in [0.15, 0.2) is 54.6 Å². The van der Waals surface area contributed by atoms with Gasteiger partial charge in [-0.05, 0) is 30.4 Å². The molecule has 4 heteroatoms. The van der Waals surface area contributed by atoms with Gasteiger partial charge in [0.25, 0.3) is 0 Å². The molecule has 0 bridgehead atoms. The van der Waals surface area contributed by atoms with Gasteiger partial charge in [0.1, 0.15) is 6.10 Å². The molecule has 0 amide bonds. The van der Waals surface area contributed by atoms with Gasteiger partial charge in [0.15, 0.2) is 5.78 Å². The molecule has 0 saturated carbocycles. The lowest BCUT2D eigenvalue weighted by atomic mass is 9.93. The first kappa shape index (κ1) is 17.3. The lowest BCUT2D eigenvalue weighted by molar-refractivity contribution is 0.0745. The van der Waals surface area contributed by atoms with Gasteiger partial charge in [0.2, 0.25) is 0 Å². The maximum absolute atomic E-state index is 12.6. The smallest absolute Gasteiger partial charge is 0.196 e. The highest BCUT2D eigenvalue weighted by molar-refractivity contribution is 6.01. The average Bonchev–Trinajstić information content (AvgIpc) is 2.60. The van der Waals surface area contributed by atoms with Gasteiger partial charge in [0.05, 0.1) is 6.10 Å². The third-order valence-corrected chi connectivity index (χ3v) is 3.80. The second-order valence-corrected chi connectivity index (χ2v) is 5.56. The Labute approximate surface area is 136 Å². The lowest BCUT2D eigenvalue weighted by Crippen LogP contribution is -2.18. The molecule has 122 valence electrons. The molecule has 23 heavy (non-hydrogen) atoms. The number of hydrogen-bond donors (Lipinski definition) is 3. The number of hydrogen-bond acceptors (Lipinski definition) is 4. The first-order valence-electron chi connectivity index (χ1n) is 7.77. The molecule has 0 aliphatic heterocycles. The van der Waals surface area contributed by atoms with Crippen LogP contribution in [-0.4, -0.2) is 33.8 Å². The van der Waals surface area contributed by atoms with Gasteiger partial charge in [-0.1, -0.05) is 54.6 Å². The zero-order valence-corrected chi connectivity index (χ0v) is 12.9. The number of ketones is 1. The van der Waals surface area contributed by atoms with Gasteiger partial charge in [-0.3, -0.25) is 4.79 Å². The summed E-state index contributed by atoms with van der Waals surface area (Å²) < 4.78 is 0. The van der Waals surface area contributed by atoms with Crippen LogP contribution in [-0.2, 0) is 6.42 Å². The van der Waals surface area contributed by atoms with Crippen molar-refractivity contribution in [1.29, 1.82) is 0 Å². The number of Topliss-reactive ketones (excluding diaryl/α,β-unsaturated/α-hetero) is 1. The number of benzene rings is 2. The Bertz CT molecular complexity index is 624. The van der Waals surface area contributed by atoms with Crippen LogP contribution in [0.5, 0.6) is 0 Å². The van der Waals surface area contributed by atoms with Crippen LogP contribution in [0.3, 0.4) is 0 Å². The van der Waals surface area contributed by atoms with Crippen molar-refractivity contribution in [3.63, 3.8) is 0 Å². The topological polar surface area (TPSA) is 77.8 Å². The fraction of sp³-hybridized carbons (Fsp3) is 0.316. The van der Waals surface area contributed by atoms with Crippen molar-refractivity contribution in [3.8, 4) is 0 Å². The molecule has 3 N–H and O–H groups in total. The van der Waals surface area contributed by atoms with E-state index < -0.39 is 12.2 Å². The molecule has 2 aromatic carbocycles. The van der Waals surface area contributed by atoms with Crippen LogP contribution in [0.4, 0.5) is 0 Å². The fourth-order valence-electron chi connectivity index (χ4n) is 2.56. The Balaban J connectivity index is 2.17. The monoisotopic (exact) mass is 314 g/mol. The molecule has 0 spiro atoms. The molecular weight excluding hydrogens is 292 g/mol. The summed E-state index contributed by atoms with van der Waals surface area (Å²) in [6.45, 7) is 0.0321. The second-order valence-electron chi connectivity index (χ2n) is 5.56. The van der Waals surface area contributed by atoms with Gasteiger partial charge in [0, 0.05) is 12.2 Å². The van der Waals surface area contributed by atoms with E-state index in [0.29, 0.717) is 36.0 Å². The van der Waals surface area contributed by atoms with Crippen molar-refractivity contribution < 1.29 is 20.1 Å². The van der Waals surface area contributed by atoms with Crippen molar-refractivity contribution in [3.05, 3.63) is 71.3 Å². The van der Waals surface area contributed by atoms with Crippen molar-refractivity contribution in [1.82, 2.24) is 0 Å². The van der Waals surface area contributed by atoms with E-state index in [-0.39, 0.29) is 12.4 Å². The maximum Gasteiger partial charge on any atom is 0.196 e. The Morgan fingerprint density at radius 3 is 2.30 bits per heavy atom. The molecule has 0 aromatic heterocycles. The molecule has 2 rings (SSSR count). The number of carbonyl (C=O) groups is 1. The Hall–Kier alpha value is -2.01. The predicted octanol–water partition coefficient (Wildman–Crippen LogP) is 2.28. The summed E-state index contributed by atoms with van der Waals surface area (Å²) >= 11 is 0. The number of aliphatic hydroxyl groups is 3. The molecule has 0 aliphatic rings. The highest BCUT2D eigenvalue weighted by Crippen LogP contribution is 2.22. The normalized spacial score (nSPS) is 13.5. The van der Waals surface area contributed by atoms with Crippen LogP contribution in [0.25, 0.3) is 0 Å². The fourth-order valence-corrected chi connectivity index (χ4v) is 2.56. The quantitative estimate of drug-likeness (QED) is 0.653. The van der Waals surface area contributed by atoms with Crippen LogP contribution >= 0.6 is 0 Å². The largest absolute Gasteiger partial charge is 0.396 e. The highest BCUT2D eigenvalue weighted by atomic mass is 16.3. The molecule has 0 aliphatic carbocycles. The standard InChI is InChI=1S/C19H22O4/c20-12-6-10-16(21)13-15-9-4-5-11-17(15)19(23)18(22)14-7-2-1-3-8-14/h1-5,7-9,11,16,18,20-22H,6,10,12-13H2. The van der Waals surface area contributed by atoms with Crippen molar-refractivity contribution >= 4 is 5.78 Å². The molecule has 0 heterocycles. The summed E-state index contributed by atoms with van der Waals surface area (Å²) in [5.41, 5.74) is 1.68. The Morgan fingerprint density at radius 2 is 1.61 bits per heavy atom. The lowest BCUT2D eigenvalue weighted by Gasteiger charge is -2.16. The number of aliphatic hydroxyl groups excluding tert-OH is 3. The van der Waals surface area contributed by atoms with E-state index in [1.807, 2.05) is 6.07 Å². The summed E-state index contributed by atoms with van der Waals surface area (Å²) in [7, 11) is 0. The summed E-state index contributed by atoms with van der Waals surface area (Å²) in [4.78, 5) is 12.6. The number of carbonyl (C=O) groups excluding carboxylic acids is 1. The molecular formula is C19H22O4. The maximum atomic E-state index is 12.6.